The Hall–Kier alpha value is -3.78. The number of rotatable bonds is 4. The Kier molecular flexibility index (Phi) is 4.63. The van der Waals surface area contributed by atoms with E-state index in [0.717, 1.165) is 11.4 Å². The lowest BCUT2D eigenvalue weighted by Gasteiger charge is -2.08. The van der Waals surface area contributed by atoms with E-state index in [0.29, 0.717) is 33.3 Å². The van der Waals surface area contributed by atoms with Gasteiger partial charge in [-0.2, -0.15) is 5.10 Å². The molecule has 0 fully saturated rings. The SMILES string of the molecule is Cc1nn(-c2ccccc2)c2nc(C)n(Cc3cn(-c4ccc(Cl)cc4)nn3)c(=O)c12. The van der Waals surface area contributed by atoms with Crippen molar-refractivity contribution in [3.63, 3.8) is 0 Å². The molecule has 9 heteroatoms. The maximum atomic E-state index is 13.3. The highest BCUT2D eigenvalue weighted by molar-refractivity contribution is 6.30. The molecule has 0 saturated carbocycles. The largest absolute Gasteiger partial charge is 0.290 e. The van der Waals surface area contributed by atoms with Crippen LogP contribution in [0.1, 0.15) is 17.2 Å². The van der Waals surface area contributed by atoms with Crippen molar-refractivity contribution < 1.29 is 0 Å². The van der Waals surface area contributed by atoms with Gasteiger partial charge >= 0.3 is 0 Å². The average molecular weight is 432 g/mol. The smallest absolute Gasteiger partial charge is 0.265 e. The van der Waals surface area contributed by atoms with Crippen molar-refractivity contribution in [3.8, 4) is 11.4 Å². The minimum atomic E-state index is -0.150. The summed E-state index contributed by atoms with van der Waals surface area (Å²) in [7, 11) is 0. The summed E-state index contributed by atoms with van der Waals surface area (Å²) in [6, 6.07) is 16.9. The number of para-hydroxylation sites is 1. The fourth-order valence-electron chi connectivity index (χ4n) is 3.55. The molecule has 0 aliphatic rings. The van der Waals surface area contributed by atoms with Gasteiger partial charge < -0.3 is 0 Å². The quantitative estimate of drug-likeness (QED) is 0.435. The van der Waals surface area contributed by atoms with Crippen molar-refractivity contribution in [1.29, 1.82) is 0 Å². The molecule has 5 aromatic rings. The zero-order valence-electron chi connectivity index (χ0n) is 16.9. The van der Waals surface area contributed by atoms with E-state index in [2.05, 4.69) is 15.4 Å². The lowest BCUT2D eigenvalue weighted by Crippen LogP contribution is -2.25. The minimum Gasteiger partial charge on any atom is -0.290 e. The van der Waals surface area contributed by atoms with Crippen molar-refractivity contribution in [1.82, 2.24) is 34.3 Å². The lowest BCUT2D eigenvalue weighted by molar-refractivity contribution is 0.691. The zero-order valence-corrected chi connectivity index (χ0v) is 17.7. The number of hydrogen-bond acceptors (Lipinski definition) is 5. The monoisotopic (exact) mass is 431 g/mol. The third kappa shape index (κ3) is 3.40. The van der Waals surface area contributed by atoms with Crippen LogP contribution in [0.25, 0.3) is 22.4 Å². The van der Waals surface area contributed by atoms with Crippen molar-refractivity contribution in [2.75, 3.05) is 0 Å². The second kappa shape index (κ2) is 7.48. The van der Waals surface area contributed by atoms with Gasteiger partial charge in [-0.15, -0.1) is 5.10 Å². The third-order valence-electron chi connectivity index (χ3n) is 5.11. The number of aryl methyl sites for hydroxylation is 2. The topological polar surface area (TPSA) is 83.4 Å². The molecule has 3 aromatic heterocycles. The normalized spacial score (nSPS) is 11.3. The Morgan fingerprint density at radius 1 is 0.968 bits per heavy atom. The van der Waals surface area contributed by atoms with E-state index in [1.54, 1.807) is 32.3 Å². The van der Waals surface area contributed by atoms with E-state index in [1.165, 1.54) is 0 Å². The van der Waals surface area contributed by atoms with E-state index < -0.39 is 0 Å². The molecule has 0 amide bonds. The maximum Gasteiger partial charge on any atom is 0.265 e. The molecule has 0 N–H and O–H groups in total. The molecule has 154 valence electrons. The molecule has 2 aromatic carbocycles. The maximum absolute atomic E-state index is 13.3. The van der Waals surface area contributed by atoms with E-state index in [1.807, 2.05) is 56.3 Å². The van der Waals surface area contributed by atoms with Crippen LogP contribution in [0.15, 0.2) is 65.6 Å². The minimum absolute atomic E-state index is 0.150. The average Bonchev–Trinajstić information content (AvgIpc) is 3.37. The van der Waals surface area contributed by atoms with Gasteiger partial charge in [-0.1, -0.05) is 35.0 Å². The van der Waals surface area contributed by atoms with Crippen LogP contribution >= 0.6 is 11.6 Å². The van der Waals surface area contributed by atoms with Crippen LogP contribution < -0.4 is 5.56 Å². The molecule has 0 atom stereocenters. The molecular formula is C22H18ClN7O. The highest BCUT2D eigenvalue weighted by Crippen LogP contribution is 2.18. The summed E-state index contributed by atoms with van der Waals surface area (Å²) < 4.78 is 4.96. The fourth-order valence-corrected chi connectivity index (χ4v) is 3.68. The Morgan fingerprint density at radius 2 is 1.71 bits per heavy atom. The summed E-state index contributed by atoms with van der Waals surface area (Å²) in [6.07, 6.45) is 1.79. The van der Waals surface area contributed by atoms with E-state index >= 15 is 0 Å². The summed E-state index contributed by atoms with van der Waals surface area (Å²) in [5.74, 6) is 0.579. The molecular weight excluding hydrogens is 414 g/mol. The number of fused-ring (bicyclic) bond motifs is 1. The van der Waals surface area contributed by atoms with E-state index in [-0.39, 0.29) is 12.1 Å². The van der Waals surface area contributed by atoms with Gasteiger partial charge in [0.15, 0.2) is 5.65 Å². The first kappa shape index (κ1) is 19.2. The second-order valence-corrected chi connectivity index (χ2v) is 7.65. The molecule has 31 heavy (non-hydrogen) atoms. The van der Waals surface area contributed by atoms with Gasteiger partial charge in [-0.25, -0.2) is 14.3 Å². The van der Waals surface area contributed by atoms with Gasteiger partial charge in [-0.3, -0.25) is 9.36 Å². The highest BCUT2D eigenvalue weighted by Gasteiger charge is 2.18. The molecule has 0 aliphatic carbocycles. The van der Waals surface area contributed by atoms with Gasteiger partial charge in [0, 0.05) is 5.02 Å². The number of halogens is 1. The molecule has 0 saturated heterocycles. The number of aromatic nitrogens is 7. The Balaban J connectivity index is 1.55. The molecule has 0 spiro atoms. The summed E-state index contributed by atoms with van der Waals surface area (Å²) in [5.41, 5.74) is 3.37. The molecule has 5 rings (SSSR count). The number of hydrogen-bond donors (Lipinski definition) is 0. The van der Waals surface area contributed by atoms with Gasteiger partial charge in [0.05, 0.1) is 29.8 Å². The second-order valence-electron chi connectivity index (χ2n) is 7.21. The molecule has 0 unspecified atom stereocenters. The predicted octanol–water partition coefficient (Wildman–Crippen LogP) is 3.48. The molecule has 0 radical (unpaired) electrons. The van der Waals surface area contributed by atoms with Crippen LogP contribution in [0.3, 0.4) is 0 Å². The Labute approximate surface area is 182 Å². The van der Waals surface area contributed by atoms with Crippen molar-refractivity contribution in [2.24, 2.45) is 0 Å². The van der Waals surface area contributed by atoms with Crippen LogP contribution in [0.5, 0.6) is 0 Å². The van der Waals surface area contributed by atoms with Gasteiger partial charge in [0.2, 0.25) is 0 Å². The van der Waals surface area contributed by atoms with Gasteiger partial charge in [0.25, 0.3) is 5.56 Å². The standard InChI is InChI=1S/C22H18ClN7O/c1-14-20-21(30(26-14)19-6-4-3-5-7-19)24-15(2)28(22(20)31)12-17-13-29(27-25-17)18-10-8-16(23)9-11-18/h3-11,13H,12H2,1-2H3. The predicted molar refractivity (Wildman–Crippen MR) is 118 cm³/mol. The van der Waals surface area contributed by atoms with E-state index in [4.69, 9.17) is 16.6 Å². The number of benzene rings is 2. The van der Waals surface area contributed by atoms with Crippen LogP contribution in [0.4, 0.5) is 0 Å². The van der Waals surface area contributed by atoms with Crippen LogP contribution in [0.2, 0.25) is 5.02 Å². The van der Waals surface area contributed by atoms with Crippen LogP contribution in [-0.4, -0.2) is 34.3 Å². The Bertz CT molecular complexity index is 1450. The Morgan fingerprint density at radius 3 is 2.45 bits per heavy atom. The summed E-state index contributed by atoms with van der Waals surface area (Å²) >= 11 is 5.95. The molecule has 8 nitrogen and oxygen atoms in total. The van der Waals surface area contributed by atoms with E-state index in [9.17, 15) is 4.79 Å². The first-order chi connectivity index (χ1) is 15.0. The zero-order chi connectivity index (χ0) is 21.5. The van der Waals surface area contributed by atoms with Gasteiger partial charge in [0.1, 0.15) is 16.9 Å². The van der Waals surface area contributed by atoms with Gasteiger partial charge in [-0.05, 0) is 50.2 Å². The first-order valence-corrected chi connectivity index (χ1v) is 10.1. The molecule has 0 aliphatic heterocycles. The van der Waals surface area contributed by atoms with Crippen molar-refractivity contribution >= 4 is 22.6 Å². The highest BCUT2D eigenvalue weighted by atomic mass is 35.5. The molecule has 0 bridgehead atoms. The third-order valence-corrected chi connectivity index (χ3v) is 5.36. The number of nitrogens with zero attached hydrogens (tertiary/aromatic N) is 7. The summed E-state index contributed by atoms with van der Waals surface area (Å²) in [4.78, 5) is 18.0. The first-order valence-electron chi connectivity index (χ1n) is 9.70. The molecule has 3 heterocycles. The lowest BCUT2D eigenvalue weighted by atomic mass is 10.3. The summed E-state index contributed by atoms with van der Waals surface area (Å²) in [6.45, 7) is 3.89. The summed E-state index contributed by atoms with van der Waals surface area (Å²) in [5, 5.41) is 14.1. The van der Waals surface area contributed by atoms with Crippen LogP contribution in [0, 0.1) is 13.8 Å². The van der Waals surface area contributed by atoms with Crippen molar-refractivity contribution in [2.45, 2.75) is 20.4 Å². The fraction of sp³-hybridized carbons (Fsp3) is 0.136. The van der Waals surface area contributed by atoms with Crippen molar-refractivity contribution in [3.05, 3.63) is 93.4 Å². The van der Waals surface area contributed by atoms with Crippen LogP contribution in [-0.2, 0) is 6.54 Å².